The normalized spacial score (nSPS) is 14.8. The molecule has 0 saturated carbocycles. The molecule has 1 aliphatic heterocycles. The minimum Gasteiger partial charge on any atom is -0.486 e. The predicted molar refractivity (Wildman–Crippen MR) is 74.7 cm³/mol. The smallest absolute Gasteiger partial charge is 0.165 e. The van der Waals surface area contributed by atoms with Crippen LogP contribution in [0.3, 0.4) is 0 Å². The average Bonchev–Trinajstić information content (AvgIpc) is 2.37. The molecule has 0 fully saturated rings. The molecule has 0 unspecified atom stereocenters. The summed E-state index contributed by atoms with van der Waals surface area (Å²) in [5.41, 5.74) is 0.422. The van der Waals surface area contributed by atoms with Crippen LogP contribution in [0.1, 0.15) is 26.3 Å². The highest BCUT2D eigenvalue weighted by atomic mass is 16.6. The molecule has 0 aromatic heterocycles. The molecule has 0 amide bonds. The van der Waals surface area contributed by atoms with Crippen LogP contribution in [-0.4, -0.2) is 41.9 Å². The summed E-state index contributed by atoms with van der Waals surface area (Å²) < 4.78 is 11.3. The van der Waals surface area contributed by atoms with E-state index in [2.05, 4.69) is 17.9 Å². The molecule has 4 nitrogen and oxygen atoms in total. The van der Waals surface area contributed by atoms with Crippen LogP contribution in [0, 0.1) is 0 Å². The number of hydrogen-bond donors (Lipinski definition) is 1. The Balaban J connectivity index is 2.13. The first kappa shape index (κ1) is 14.2. The largest absolute Gasteiger partial charge is 0.486 e. The molecule has 0 saturated heterocycles. The zero-order chi connectivity index (χ0) is 13.9. The molecule has 0 radical (unpaired) electrons. The second-order valence-corrected chi connectivity index (χ2v) is 5.56. The van der Waals surface area contributed by atoms with Gasteiger partial charge < -0.3 is 14.6 Å². The highest BCUT2D eigenvalue weighted by molar-refractivity contribution is 5.47. The first-order valence-corrected chi connectivity index (χ1v) is 6.82. The Bertz CT molecular complexity index is 426. The number of likely N-dealkylation sites (N-methyl/N-ethyl adjacent to an activating group) is 1. The van der Waals surface area contributed by atoms with E-state index in [4.69, 9.17) is 9.47 Å². The van der Waals surface area contributed by atoms with Crippen molar-refractivity contribution in [3.8, 4) is 11.5 Å². The topological polar surface area (TPSA) is 41.9 Å². The van der Waals surface area contributed by atoms with Crippen molar-refractivity contribution >= 4 is 0 Å². The van der Waals surface area contributed by atoms with Crippen LogP contribution in [0.4, 0.5) is 0 Å². The lowest BCUT2D eigenvalue weighted by Crippen LogP contribution is -2.38. The Kier molecular flexibility index (Phi) is 4.32. The summed E-state index contributed by atoms with van der Waals surface area (Å²) in [5, 5.41) is 9.94. The molecule has 0 aliphatic carbocycles. The van der Waals surface area contributed by atoms with Gasteiger partial charge in [-0.3, -0.25) is 4.90 Å². The standard InChI is InChI=1S/C15H23NO3/c1-4-16(11-15(2,3)17)10-12-6-5-7-13-14(12)19-9-8-18-13/h5-7,17H,4,8-11H2,1-3H3. The molecular weight excluding hydrogens is 242 g/mol. The van der Waals surface area contributed by atoms with Crippen molar-refractivity contribution in [3.05, 3.63) is 23.8 Å². The van der Waals surface area contributed by atoms with Crippen molar-refractivity contribution in [2.45, 2.75) is 32.9 Å². The summed E-state index contributed by atoms with van der Waals surface area (Å²) in [6, 6.07) is 5.98. The number of fused-ring (bicyclic) bond motifs is 1. The minimum absolute atomic E-state index is 0.599. The molecular formula is C15H23NO3. The minimum atomic E-state index is -0.692. The number of aliphatic hydroxyl groups is 1. The van der Waals surface area contributed by atoms with Crippen LogP contribution in [0.5, 0.6) is 11.5 Å². The monoisotopic (exact) mass is 265 g/mol. The molecule has 1 aromatic carbocycles. The van der Waals surface area contributed by atoms with Gasteiger partial charge in [0.15, 0.2) is 11.5 Å². The summed E-state index contributed by atoms with van der Waals surface area (Å²) in [6.45, 7) is 9.23. The average molecular weight is 265 g/mol. The lowest BCUT2D eigenvalue weighted by atomic mass is 10.1. The van der Waals surface area contributed by atoms with Crippen LogP contribution < -0.4 is 9.47 Å². The van der Waals surface area contributed by atoms with E-state index in [0.717, 1.165) is 30.2 Å². The molecule has 0 bridgehead atoms. The van der Waals surface area contributed by atoms with E-state index in [1.54, 1.807) is 0 Å². The summed E-state index contributed by atoms with van der Waals surface area (Å²) in [7, 11) is 0. The van der Waals surface area contributed by atoms with Crippen molar-refractivity contribution < 1.29 is 14.6 Å². The Morgan fingerprint density at radius 3 is 2.68 bits per heavy atom. The third-order valence-electron chi connectivity index (χ3n) is 3.10. The van der Waals surface area contributed by atoms with Crippen LogP contribution in [0.25, 0.3) is 0 Å². The lowest BCUT2D eigenvalue weighted by molar-refractivity contribution is 0.0348. The number of rotatable bonds is 5. The van der Waals surface area contributed by atoms with Crippen molar-refractivity contribution in [1.29, 1.82) is 0 Å². The van der Waals surface area contributed by atoms with E-state index in [0.29, 0.717) is 19.8 Å². The van der Waals surface area contributed by atoms with Crippen LogP contribution in [-0.2, 0) is 6.54 Å². The van der Waals surface area contributed by atoms with E-state index in [-0.39, 0.29) is 0 Å². The fraction of sp³-hybridized carbons (Fsp3) is 0.600. The Morgan fingerprint density at radius 2 is 2.00 bits per heavy atom. The molecule has 1 N–H and O–H groups in total. The van der Waals surface area contributed by atoms with Gasteiger partial charge in [-0.15, -0.1) is 0 Å². The first-order chi connectivity index (χ1) is 8.99. The summed E-state index contributed by atoms with van der Waals surface area (Å²) in [6.07, 6.45) is 0. The van der Waals surface area contributed by atoms with Crippen molar-refractivity contribution in [3.63, 3.8) is 0 Å². The Hall–Kier alpha value is -1.26. The fourth-order valence-electron chi connectivity index (χ4n) is 2.33. The van der Waals surface area contributed by atoms with E-state index in [9.17, 15) is 5.11 Å². The highest BCUT2D eigenvalue weighted by Gasteiger charge is 2.21. The van der Waals surface area contributed by atoms with Crippen molar-refractivity contribution in [1.82, 2.24) is 4.90 Å². The second kappa shape index (κ2) is 5.80. The molecule has 0 atom stereocenters. The van der Waals surface area contributed by atoms with Gasteiger partial charge >= 0.3 is 0 Å². The number of ether oxygens (including phenoxy) is 2. The number of nitrogens with zero attached hydrogens (tertiary/aromatic N) is 1. The number of para-hydroxylation sites is 1. The zero-order valence-electron chi connectivity index (χ0n) is 12.0. The lowest BCUT2D eigenvalue weighted by Gasteiger charge is -2.29. The maximum atomic E-state index is 9.94. The van der Waals surface area contributed by atoms with E-state index in [1.807, 2.05) is 26.0 Å². The van der Waals surface area contributed by atoms with Crippen molar-refractivity contribution in [2.24, 2.45) is 0 Å². The Morgan fingerprint density at radius 1 is 1.26 bits per heavy atom. The maximum Gasteiger partial charge on any atom is 0.165 e. The number of hydrogen-bond acceptors (Lipinski definition) is 4. The van der Waals surface area contributed by atoms with E-state index in [1.165, 1.54) is 0 Å². The molecule has 2 rings (SSSR count). The third kappa shape index (κ3) is 3.85. The quantitative estimate of drug-likeness (QED) is 0.885. The molecule has 19 heavy (non-hydrogen) atoms. The van der Waals surface area contributed by atoms with Gasteiger partial charge in [0.2, 0.25) is 0 Å². The third-order valence-corrected chi connectivity index (χ3v) is 3.10. The van der Waals surface area contributed by atoms with Crippen LogP contribution in [0.2, 0.25) is 0 Å². The molecule has 106 valence electrons. The first-order valence-electron chi connectivity index (χ1n) is 6.82. The van der Waals surface area contributed by atoms with Gasteiger partial charge in [-0.25, -0.2) is 0 Å². The zero-order valence-corrected chi connectivity index (χ0v) is 12.0. The molecule has 0 spiro atoms. The van der Waals surface area contributed by atoms with E-state index >= 15 is 0 Å². The van der Waals surface area contributed by atoms with Gasteiger partial charge in [0.05, 0.1) is 5.60 Å². The summed E-state index contributed by atoms with van der Waals surface area (Å²) in [5.74, 6) is 1.67. The van der Waals surface area contributed by atoms with Crippen molar-refractivity contribution in [2.75, 3.05) is 26.3 Å². The maximum absolute atomic E-state index is 9.94. The molecule has 1 heterocycles. The molecule has 1 aromatic rings. The summed E-state index contributed by atoms with van der Waals surface area (Å²) >= 11 is 0. The fourth-order valence-corrected chi connectivity index (χ4v) is 2.33. The predicted octanol–water partition coefficient (Wildman–Crippen LogP) is 2.05. The second-order valence-electron chi connectivity index (χ2n) is 5.56. The molecule has 4 heteroatoms. The molecule has 1 aliphatic rings. The van der Waals surface area contributed by atoms with Crippen LogP contribution in [0.15, 0.2) is 18.2 Å². The van der Waals surface area contributed by atoms with Gasteiger partial charge in [-0.2, -0.15) is 0 Å². The van der Waals surface area contributed by atoms with Crippen LogP contribution >= 0.6 is 0 Å². The highest BCUT2D eigenvalue weighted by Crippen LogP contribution is 2.34. The summed E-state index contributed by atoms with van der Waals surface area (Å²) in [4.78, 5) is 2.20. The van der Waals surface area contributed by atoms with Gasteiger partial charge in [0.1, 0.15) is 13.2 Å². The number of benzene rings is 1. The van der Waals surface area contributed by atoms with Gasteiger partial charge in [0.25, 0.3) is 0 Å². The van der Waals surface area contributed by atoms with Gasteiger partial charge in [-0.05, 0) is 26.5 Å². The van der Waals surface area contributed by atoms with Gasteiger partial charge in [-0.1, -0.05) is 19.1 Å². The van der Waals surface area contributed by atoms with E-state index < -0.39 is 5.60 Å². The Labute approximate surface area is 114 Å². The van der Waals surface area contributed by atoms with Gasteiger partial charge in [0, 0.05) is 18.7 Å². The SMILES string of the molecule is CCN(Cc1cccc2c1OCCO2)CC(C)(C)O.